The Morgan fingerprint density at radius 3 is 2.80 bits per heavy atom. The van der Waals surface area contributed by atoms with E-state index in [0.717, 1.165) is 29.9 Å². The second-order valence-corrected chi connectivity index (χ2v) is 7.96. The van der Waals surface area contributed by atoms with Gasteiger partial charge in [0, 0.05) is 25.3 Å². The number of hydrogen-bond donors (Lipinski definition) is 1. The molecule has 0 radical (unpaired) electrons. The van der Waals surface area contributed by atoms with E-state index in [9.17, 15) is 8.42 Å². The molecule has 2 rings (SSSR count). The Morgan fingerprint density at radius 2 is 2.15 bits per heavy atom. The molecule has 0 bridgehead atoms. The Hall–Kier alpha value is -1.14. The van der Waals surface area contributed by atoms with Crippen LogP contribution in [0.4, 0.5) is 5.82 Å². The predicted octanol–water partition coefficient (Wildman–Crippen LogP) is 0.905. The molecule has 0 aromatic carbocycles. The van der Waals surface area contributed by atoms with Gasteiger partial charge in [0.2, 0.25) is 0 Å². The summed E-state index contributed by atoms with van der Waals surface area (Å²) >= 11 is 0. The van der Waals surface area contributed by atoms with Crippen LogP contribution in [0.3, 0.4) is 0 Å². The molecule has 0 amide bonds. The number of sulfone groups is 1. The Balaban J connectivity index is 2.16. The van der Waals surface area contributed by atoms with E-state index in [1.54, 1.807) is 0 Å². The van der Waals surface area contributed by atoms with Gasteiger partial charge in [-0.05, 0) is 37.8 Å². The topological polar surface area (TPSA) is 76.3 Å². The van der Waals surface area contributed by atoms with E-state index >= 15 is 0 Å². The van der Waals surface area contributed by atoms with Crippen molar-refractivity contribution in [2.75, 3.05) is 29.5 Å². The first-order valence-corrected chi connectivity index (χ1v) is 8.86. The first-order valence-electron chi connectivity index (χ1n) is 7.04. The van der Waals surface area contributed by atoms with Crippen molar-refractivity contribution in [3.63, 3.8) is 0 Å². The van der Waals surface area contributed by atoms with Crippen LogP contribution in [0.2, 0.25) is 0 Å². The molecule has 1 fully saturated rings. The largest absolute Gasteiger partial charge is 0.355 e. The molecule has 1 unspecified atom stereocenters. The molecule has 20 heavy (non-hydrogen) atoms. The fourth-order valence-electron chi connectivity index (χ4n) is 2.59. The van der Waals surface area contributed by atoms with Crippen molar-refractivity contribution < 1.29 is 8.42 Å². The average molecular weight is 297 g/mol. The summed E-state index contributed by atoms with van der Waals surface area (Å²) in [5.41, 5.74) is 8.02. The number of pyridine rings is 1. The van der Waals surface area contributed by atoms with Crippen LogP contribution < -0.4 is 10.6 Å². The summed E-state index contributed by atoms with van der Waals surface area (Å²) in [6.45, 7) is 5.28. The third-order valence-electron chi connectivity index (χ3n) is 3.52. The van der Waals surface area contributed by atoms with Crippen LogP contribution in [0.25, 0.3) is 0 Å². The molecule has 1 aromatic heterocycles. The van der Waals surface area contributed by atoms with E-state index in [1.807, 2.05) is 20.0 Å². The van der Waals surface area contributed by atoms with E-state index in [1.165, 1.54) is 0 Å². The van der Waals surface area contributed by atoms with Crippen molar-refractivity contribution in [1.82, 2.24) is 4.98 Å². The van der Waals surface area contributed by atoms with Gasteiger partial charge < -0.3 is 10.6 Å². The number of anilines is 1. The van der Waals surface area contributed by atoms with Crippen molar-refractivity contribution in [2.45, 2.75) is 32.7 Å². The maximum Gasteiger partial charge on any atom is 0.152 e. The molecule has 1 aliphatic rings. The predicted molar refractivity (Wildman–Crippen MR) is 81.8 cm³/mol. The number of nitrogens with zero attached hydrogens (tertiary/aromatic N) is 2. The molecule has 112 valence electrons. The Bertz CT molecular complexity index is 570. The first-order chi connectivity index (χ1) is 9.37. The lowest BCUT2D eigenvalue weighted by atomic mass is 10.1. The smallest absolute Gasteiger partial charge is 0.152 e. The van der Waals surface area contributed by atoms with Crippen molar-refractivity contribution in [3.05, 3.63) is 23.4 Å². The number of rotatable bonds is 3. The van der Waals surface area contributed by atoms with Gasteiger partial charge >= 0.3 is 0 Å². The second-order valence-electron chi connectivity index (χ2n) is 5.66. The molecule has 2 N–H and O–H groups in total. The van der Waals surface area contributed by atoms with E-state index in [4.69, 9.17) is 5.73 Å². The summed E-state index contributed by atoms with van der Waals surface area (Å²) in [4.78, 5) is 6.60. The fourth-order valence-corrected chi connectivity index (χ4v) is 3.86. The van der Waals surface area contributed by atoms with Gasteiger partial charge in [-0.1, -0.05) is 6.07 Å². The lowest BCUT2D eigenvalue weighted by Crippen LogP contribution is -2.28. The molecule has 5 nitrogen and oxygen atoms in total. The molecule has 0 spiro atoms. The summed E-state index contributed by atoms with van der Waals surface area (Å²) in [6, 6.07) is 2.22. The fraction of sp³-hybridized carbons (Fsp3) is 0.643. The van der Waals surface area contributed by atoms with Gasteiger partial charge in [-0.25, -0.2) is 13.4 Å². The maximum atomic E-state index is 11.6. The molecular formula is C14H23N3O2S. The van der Waals surface area contributed by atoms with Crippen LogP contribution in [-0.4, -0.2) is 44.0 Å². The highest BCUT2D eigenvalue weighted by molar-refractivity contribution is 7.91. The van der Waals surface area contributed by atoms with Crippen molar-refractivity contribution in [1.29, 1.82) is 0 Å². The van der Waals surface area contributed by atoms with Crippen LogP contribution in [-0.2, 0) is 16.3 Å². The third-order valence-corrected chi connectivity index (χ3v) is 5.24. The van der Waals surface area contributed by atoms with Crippen LogP contribution >= 0.6 is 0 Å². The minimum Gasteiger partial charge on any atom is -0.355 e. The summed E-state index contributed by atoms with van der Waals surface area (Å²) < 4.78 is 23.3. The van der Waals surface area contributed by atoms with E-state index in [0.29, 0.717) is 13.0 Å². The van der Waals surface area contributed by atoms with Crippen LogP contribution in [0, 0.1) is 6.92 Å². The Morgan fingerprint density at radius 1 is 1.40 bits per heavy atom. The summed E-state index contributed by atoms with van der Waals surface area (Å²) in [7, 11) is -2.88. The van der Waals surface area contributed by atoms with Crippen LogP contribution in [0.15, 0.2) is 12.3 Å². The van der Waals surface area contributed by atoms with Crippen LogP contribution in [0.5, 0.6) is 0 Å². The maximum absolute atomic E-state index is 11.6. The first kappa shape index (κ1) is 15.3. The summed E-state index contributed by atoms with van der Waals surface area (Å²) in [5, 5.41) is 0. The van der Waals surface area contributed by atoms with Gasteiger partial charge in [0.05, 0.1) is 11.5 Å². The number of hydrogen-bond acceptors (Lipinski definition) is 5. The lowest BCUT2D eigenvalue weighted by Gasteiger charge is -2.23. The quantitative estimate of drug-likeness (QED) is 0.897. The molecule has 0 saturated carbocycles. The van der Waals surface area contributed by atoms with Gasteiger partial charge in [-0.3, -0.25) is 0 Å². The van der Waals surface area contributed by atoms with E-state index in [2.05, 4.69) is 16.0 Å². The molecule has 1 aromatic rings. The standard InChI is InChI=1S/C14H23N3O2S/c1-11-8-13(9-12(2)15)10-16-14(11)17-4-3-6-20(18,19)7-5-17/h8,10,12H,3-7,9,15H2,1-2H3. The Kier molecular flexibility index (Phi) is 4.65. The third kappa shape index (κ3) is 3.93. The zero-order valence-corrected chi connectivity index (χ0v) is 13.0. The molecule has 2 heterocycles. The number of aryl methyl sites for hydroxylation is 1. The molecule has 6 heteroatoms. The highest BCUT2D eigenvalue weighted by Crippen LogP contribution is 2.20. The second kappa shape index (κ2) is 6.10. The summed E-state index contributed by atoms with van der Waals surface area (Å²) in [6.07, 6.45) is 3.33. The number of aromatic nitrogens is 1. The van der Waals surface area contributed by atoms with E-state index in [-0.39, 0.29) is 17.5 Å². The van der Waals surface area contributed by atoms with E-state index < -0.39 is 9.84 Å². The minimum atomic E-state index is -2.88. The molecule has 0 aliphatic carbocycles. The highest BCUT2D eigenvalue weighted by Gasteiger charge is 2.21. The van der Waals surface area contributed by atoms with Crippen molar-refractivity contribution in [3.8, 4) is 0 Å². The van der Waals surface area contributed by atoms with Gasteiger partial charge in [0.15, 0.2) is 9.84 Å². The van der Waals surface area contributed by atoms with Gasteiger partial charge in [0.25, 0.3) is 0 Å². The van der Waals surface area contributed by atoms with Crippen molar-refractivity contribution >= 4 is 15.7 Å². The van der Waals surface area contributed by atoms with Gasteiger partial charge in [-0.15, -0.1) is 0 Å². The van der Waals surface area contributed by atoms with Crippen LogP contribution in [0.1, 0.15) is 24.5 Å². The normalized spacial score (nSPS) is 20.4. The zero-order valence-electron chi connectivity index (χ0n) is 12.2. The van der Waals surface area contributed by atoms with Gasteiger partial charge in [0.1, 0.15) is 5.82 Å². The molecule has 1 aliphatic heterocycles. The highest BCUT2D eigenvalue weighted by atomic mass is 32.2. The lowest BCUT2D eigenvalue weighted by molar-refractivity contribution is 0.597. The number of nitrogens with two attached hydrogens (primary N) is 1. The van der Waals surface area contributed by atoms with Gasteiger partial charge in [-0.2, -0.15) is 0 Å². The summed E-state index contributed by atoms with van der Waals surface area (Å²) in [5.74, 6) is 1.40. The SMILES string of the molecule is Cc1cc(CC(C)N)cnc1N1CCCS(=O)(=O)CC1. The molecule has 1 atom stereocenters. The van der Waals surface area contributed by atoms with Crippen molar-refractivity contribution in [2.24, 2.45) is 5.73 Å². The Labute approximate surface area is 121 Å². The molecule has 1 saturated heterocycles. The molecular weight excluding hydrogens is 274 g/mol. The monoisotopic (exact) mass is 297 g/mol. The minimum absolute atomic E-state index is 0.116. The zero-order chi connectivity index (χ0) is 14.8. The average Bonchev–Trinajstić information content (AvgIpc) is 2.50.